The minimum absolute atomic E-state index is 0.352. The normalized spacial score (nSPS) is 11.7. The number of benzene rings is 2. The van der Waals surface area contributed by atoms with Crippen LogP contribution >= 0.6 is 11.6 Å². The Morgan fingerprint density at radius 2 is 1.56 bits per heavy atom. The quantitative estimate of drug-likeness (QED) is 0.750. The molecule has 0 aliphatic heterocycles. The molecule has 0 radical (unpaired) electrons. The molecule has 3 aromatic rings. The molecule has 0 spiro atoms. The van der Waals surface area contributed by atoms with Crippen LogP contribution in [0.4, 0.5) is 0 Å². The fraction of sp³-hybridized carbons (Fsp3) is 0.105. The molecule has 6 heteroatoms. The highest BCUT2D eigenvalue weighted by atomic mass is 35.5. The lowest BCUT2D eigenvalue weighted by Gasteiger charge is -2.18. The third-order valence-corrected chi connectivity index (χ3v) is 4.28. The highest BCUT2D eigenvalue weighted by Gasteiger charge is 2.31. The van der Waals surface area contributed by atoms with Crippen LogP contribution in [0.15, 0.2) is 59.4 Å². The predicted octanol–water partition coefficient (Wildman–Crippen LogP) is 3.82. The Balaban J connectivity index is 2.23. The van der Waals surface area contributed by atoms with Crippen LogP contribution in [0.25, 0.3) is 11.3 Å². The number of halogens is 1. The summed E-state index contributed by atoms with van der Waals surface area (Å²) in [6.45, 7) is 0. The molecule has 2 aromatic carbocycles. The van der Waals surface area contributed by atoms with E-state index >= 15 is 0 Å². The first kappa shape index (κ1) is 16.6. The molecule has 0 aliphatic rings. The number of rotatable bonds is 4. The van der Waals surface area contributed by atoms with Crippen molar-refractivity contribution in [1.29, 1.82) is 10.5 Å². The molecule has 0 unspecified atom stereocenters. The molecule has 0 saturated carbocycles. The number of nitrogens with zero attached hydrogens (tertiary/aromatic N) is 2. The van der Waals surface area contributed by atoms with Gasteiger partial charge in [-0.15, -0.1) is 0 Å². The fourth-order valence-electron chi connectivity index (χ4n) is 2.87. The summed E-state index contributed by atoms with van der Waals surface area (Å²) in [6, 6.07) is 20.1. The summed E-state index contributed by atoms with van der Waals surface area (Å²) in [4.78, 5) is 12.5. The highest BCUT2D eigenvalue weighted by molar-refractivity contribution is 6.30. The first-order chi connectivity index (χ1) is 12.2. The summed E-state index contributed by atoms with van der Waals surface area (Å²) >= 11 is 5.94. The largest absolute Gasteiger partial charge is 0.297 e. The smallest absolute Gasteiger partial charge is 0.268 e. The van der Waals surface area contributed by atoms with Crippen molar-refractivity contribution < 1.29 is 0 Å². The van der Waals surface area contributed by atoms with Crippen molar-refractivity contribution in [3.63, 3.8) is 0 Å². The Bertz CT molecular complexity index is 993. The van der Waals surface area contributed by atoms with Crippen LogP contribution < -0.4 is 5.56 Å². The summed E-state index contributed by atoms with van der Waals surface area (Å²) in [7, 11) is 0. The minimum atomic E-state index is -1.01. The second-order valence-corrected chi connectivity index (χ2v) is 5.94. The molecule has 2 N–H and O–H groups in total. The maximum absolute atomic E-state index is 12.5. The summed E-state index contributed by atoms with van der Waals surface area (Å²) < 4.78 is 0. The number of hydrogen-bond donors (Lipinski definition) is 2. The molecule has 3 rings (SSSR count). The number of aromatic nitrogens is 2. The lowest BCUT2D eigenvalue weighted by atomic mass is 9.81. The maximum atomic E-state index is 12.5. The van der Waals surface area contributed by atoms with Crippen molar-refractivity contribution in [2.45, 2.75) is 5.92 Å². The van der Waals surface area contributed by atoms with Crippen molar-refractivity contribution >= 4 is 11.6 Å². The van der Waals surface area contributed by atoms with Crippen molar-refractivity contribution in [2.24, 2.45) is 5.92 Å². The Morgan fingerprint density at radius 1 is 0.920 bits per heavy atom. The van der Waals surface area contributed by atoms with E-state index in [1.807, 2.05) is 42.5 Å². The molecule has 1 atom stereocenters. The van der Waals surface area contributed by atoms with Crippen LogP contribution in [-0.2, 0) is 0 Å². The minimum Gasteiger partial charge on any atom is -0.297 e. The third kappa shape index (κ3) is 3.19. The zero-order valence-corrected chi connectivity index (χ0v) is 13.8. The van der Waals surface area contributed by atoms with Crippen molar-refractivity contribution in [3.05, 3.63) is 81.1 Å². The van der Waals surface area contributed by atoms with E-state index in [1.54, 1.807) is 24.3 Å². The predicted molar refractivity (Wildman–Crippen MR) is 94.9 cm³/mol. The Morgan fingerprint density at radius 3 is 2.16 bits per heavy atom. The zero-order chi connectivity index (χ0) is 17.8. The molecule has 1 aromatic heterocycles. The van der Waals surface area contributed by atoms with E-state index < -0.39 is 11.8 Å². The third-order valence-electron chi connectivity index (χ3n) is 4.03. The van der Waals surface area contributed by atoms with Crippen LogP contribution in [0.2, 0.25) is 5.02 Å². The van der Waals surface area contributed by atoms with E-state index in [9.17, 15) is 15.3 Å². The van der Waals surface area contributed by atoms with Crippen LogP contribution in [0, 0.1) is 28.6 Å². The van der Waals surface area contributed by atoms with Gasteiger partial charge in [0.1, 0.15) is 5.92 Å². The lowest BCUT2D eigenvalue weighted by molar-refractivity contribution is 0.706. The summed E-state index contributed by atoms with van der Waals surface area (Å²) in [6.07, 6.45) is 0. The van der Waals surface area contributed by atoms with Gasteiger partial charge in [-0.2, -0.15) is 10.5 Å². The molecule has 0 fully saturated rings. The standard InChI is InChI=1S/C19H13ClN4O/c20-15-8-6-12(7-9-15)16(14(10-21)11-22)17-18(23-24-19(17)25)13-4-2-1-3-5-13/h1-9,14,16H,(H2,23,24,25)/t16-/m1/s1. The van der Waals surface area contributed by atoms with Gasteiger partial charge in [0.05, 0.1) is 23.4 Å². The molecule has 5 nitrogen and oxygen atoms in total. The first-order valence-corrected chi connectivity index (χ1v) is 7.94. The van der Waals surface area contributed by atoms with Gasteiger partial charge < -0.3 is 0 Å². The zero-order valence-electron chi connectivity index (χ0n) is 13.0. The fourth-order valence-corrected chi connectivity index (χ4v) is 3.00. The SMILES string of the molecule is N#CC(C#N)[C@@H](c1ccc(Cl)cc1)c1c(-c2ccccc2)[nH][nH]c1=O. The van der Waals surface area contributed by atoms with Gasteiger partial charge in [-0.1, -0.05) is 54.1 Å². The molecule has 0 saturated heterocycles. The van der Waals surface area contributed by atoms with Gasteiger partial charge in [-0.3, -0.25) is 15.0 Å². The van der Waals surface area contributed by atoms with Gasteiger partial charge in [-0.25, -0.2) is 0 Å². The second-order valence-electron chi connectivity index (χ2n) is 5.50. The second kappa shape index (κ2) is 7.09. The Hall–Kier alpha value is -3.28. The van der Waals surface area contributed by atoms with Gasteiger partial charge in [0.25, 0.3) is 5.56 Å². The van der Waals surface area contributed by atoms with Gasteiger partial charge in [-0.05, 0) is 23.3 Å². The van der Waals surface area contributed by atoms with Crippen LogP contribution in [0.3, 0.4) is 0 Å². The molecule has 25 heavy (non-hydrogen) atoms. The summed E-state index contributed by atoms with van der Waals surface area (Å²) in [5, 5.41) is 24.9. The van der Waals surface area contributed by atoms with Crippen LogP contribution in [0.5, 0.6) is 0 Å². The first-order valence-electron chi connectivity index (χ1n) is 7.56. The topological polar surface area (TPSA) is 96.2 Å². The number of H-pyrrole nitrogens is 2. The van der Waals surface area contributed by atoms with Crippen molar-refractivity contribution in [2.75, 3.05) is 0 Å². The van der Waals surface area contributed by atoms with Crippen LogP contribution in [-0.4, -0.2) is 10.2 Å². The number of nitrogens with one attached hydrogen (secondary N) is 2. The maximum Gasteiger partial charge on any atom is 0.268 e. The highest BCUT2D eigenvalue weighted by Crippen LogP contribution is 2.35. The number of nitriles is 2. The monoisotopic (exact) mass is 348 g/mol. The summed E-state index contributed by atoms with van der Waals surface area (Å²) in [5.41, 5.74) is 2.06. The summed E-state index contributed by atoms with van der Waals surface area (Å²) in [5.74, 6) is -1.71. The van der Waals surface area contributed by atoms with Gasteiger partial charge in [0.2, 0.25) is 0 Å². The van der Waals surface area contributed by atoms with E-state index in [2.05, 4.69) is 10.2 Å². The van der Waals surface area contributed by atoms with Crippen LogP contribution in [0.1, 0.15) is 17.0 Å². The van der Waals surface area contributed by atoms with E-state index in [4.69, 9.17) is 11.6 Å². The average Bonchev–Trinajstić information content (AvgIpc) is 3.02. The van der Waals surface area contributed by atoms with Gasteiger partial charge in [0.15, 0.2) is 0 Å². The van der Waals surface area contributed by atoms with E-state index in [-0.39, 0.29) is 5.56 Å². The van der Waals surface area contributed by atoms with E-state index in [0.29, 0.717) is 21.8 Å². The number of aromatic amines is 2. The van der Waals surface area contributed by atoms with Gasteiger partial charge in [0, 0.05) is 10.9 Å². The Kier molecular flexibility index (Phi) is 4.70. The molecular formula is C19H13ClN4O. The molecule has 0 amide bonds. The van der Waals surface area contributed by atoms with E-state index in [0.717, 1.165) is 5.56 Å². The van der Waals surface area contributed by atoms with Crippen molar-refractivity contribution in [1.82, 2.24) is 10.2 Å². The lowest BCUT2D eigenvalue weighted by Crippen LogP contribution is -2.19. The van der Waals surface area contributed by atoms with E-state index in [1.165, 1.54) is 0 Å². The van der Waals surface area contributed by atoms with Gasteiger partial charge >= 0.3 is 0 Å². The van der Waals surface area contributed by atoms with Crippen molar-refractivity contribution in [3.8, 4) is 23.4 Å². The average molecular weight is 349 g/mol. The molecule has 0 aliphatic carbocycles. The molecule has 0 bridgehead atoms. The number of hydrogen-bond acceptors (Lipinski definition) is 3. The molecular weight excluding hydrogens is 336 g/mol. The Labute approximate surface area is 149 Å². The molecule has 1 heterocycles. The molecule has 122 valence electrons.